The highest BCUT2D eigenvalue weighted by Gasteiger charge is 2.24. The average Bonchev–Trinajstić information content (AvgIpc) is 3.28. The summed E-state index contributed by atoms with van der Waals surface area (Å²) in [5.41, 5.74) is 0.494. The third kappa shape index (κ3) is 5.98. The van der Waals surface area contributed by atoms with Gasteiger partial charge in [-0.25, -0.2) is 0 Å². The fraction of sp³-hybridized carbons (Fsp3) is 0.647. The van der Waals surface area contributed by atoms with Gasteiger partial charge in [0.1, 0.15) is 6.26 Å². The SMILES string of the molecule is COCCCNC(=O)CCN(C[C@@H]1CCCO1)C(=O)c1ccoc1. The van der Waals surface area contributed by atoms with Gasteiger partial charge in [0.15, 0.2) is 0 Å². The fourth-order valence-electron chi connectivity index (χ4n) is 2.65. The minimum atomic E-state index is -0.133. The van der Waals surface area contributed by atoms with E-state index in [1.165, 1.54) is 12.5 Å². The Hall–Kier alpha value is -1.86. The van der Waals surface area contributed by atoms with Crippen LogP contribution in [0.4, 0.5) is 0 Å². The van der Waals surface area contributed by atoms with E-state index in [1.807, 2.05) is 0 Å². The summed E-state index contributed by atoms with van der Waals surface area (Å²) in [6.07, 6.45) is 5.94. The molecule has 0 radical (unpaired) electrons. The number of hydrogen-bond acceptors (Lipinski definition) is 5. The Morgan fingerprint density at radius 3 is 3.00 bits per heavy atom. The molecule has 24 heavy (non-hydrogen) atoms. The normalized spacial score (nSPS) is 17.0. The Balaban J connectivity index is 1.83. The van der Waals surface area contributed by atoms with Crippen LogP contribution in [0.25, 0.3) is 0 Å². The van der Waals surface area contributed by atoms with E-state index in [1.54, 1.807) is 18.1 Å². The van der Waals surface area contributed by atoms with Crippen LogP contribution >= 0.6 is 0 Å². The van der Waals surface area contributed by atoms with Gasteiger partial charge < -0.3 is 24.1 Å². The van der Waals surface area contributed by atoms with Crippen LogP contribution in [0.1, 0.15) is 36.0 Å². The van der Waals surface area contributed by atoms with E-state index in [9.17, 15) is 9.59 Å². The molecule has 1 saturated heterocycles. The van der Waals surface area contributed by atoms with Gasteiger partial charge in [0.2, 0.25) is 5.91 Å². The van der Waals surface area contributed by atoms with Gasteiger partial charge in [-0.05, 0) is 25.3 Å². The van der Waals surface area contributed by atoms with Crippen LogP contribution in [0.3, 0.4) is 0 Å². The summed E-state index contributed by atoms with van der Waals surface area (Å²) in [6.45, 7) is 2.79. The largest absolute Gasteiger partial charge is 0.472 e. The smallest absolute Gasteiger partial charge is 0.257 e. The van der Waals surface area contributed by atoms with Gasteiger partial charge in [-0.2, -0.15) is 0 Å². The second kappa shape index (κ2) is 10.1. The van der Waals surface area contributed by atoms with Crippen molar-refractivity contribution in [2.45, 2.75) is 31.8 Å². The van der Waals surface area contributed by atoms with E-state index in [-0.39, 0.29) is 24.3 Å². The molecule has 134 valence electrons. The molecular weight excluding hydrogens is 312 g/mol. The summed E-state index contributed by atoms with van der Waals surface area (Å²) >= 11 is 0. The molecule has 1 fully saturated rings. The zero-order valence-electron chi connectivity index (χ0n) is 14.2. The minimum Gasteiger partial charge on any atom is -0.472 e. The van der Waals surface area contributed by atoms with Gasteiger partial charge in [0, 0.05) is 46.4 Å². The highest BCUT2D eigenvalue weighted by molar-refractivity contribution is 5.94. The van der Waals surface area contributed by atoms with Gasteiger partial charge in [-0.3, -0.25) is 9.59 Å². The van der Waals surface area contributed by atoms with Crippen molar-refractivity contribution in [1.29, 1.82) is 0 Å². The van der Waals surface area contributed by atoms with E-state index in [2.05, 4.69) is 5.32 Å². The first-order valence-corrected chi connectivity index (χ1v) is 8.39. The van der Waals surface area contributed by atoms with Crippen molar-refractivity contribution in [1.82, 2.24) is 10.2 Å². The molecule has 1 aliphatic rings. The van der Waals surface area contributed by atoms with Crippen molar-refractivity contribution in [3.63, 3.8) is 0 Å². The molecule has 2 heterocycles. The van der Waals surface area contributed by atoms with Crippen LogP contribution in [-0.2, 0) is 14.3 Å². The molecule has 1 aromatic heterocycles. The lowest BCUT2D eigenvalue weighted by Crippen LogP contribution is -2.40. The maximum atomic E-state index is 12.6. The summed E-state index contributed by atoms with van der Waals surface area (Å²) < 4.78 is 15.5. The molecule has 0 spiro atoms. The fourth-order valence-corrected chi connectivity index (χ4v) is 2.65. The zero-order valence-corrected chi connectivity index (χ0v) is 14.2. The summed E-state index contributed by atoms with van der Waals surface area (Å²) in [5.74, 6) is -0.199. The number of furan rings is 1. The Morgan fingerprint density at radius 1 is 1.46 bits per heavy atom. The minimum absolute atomic E-state index is 0.0469. The van der Waals surface area contributed by atoms with Gasteiger partial charge in [-0.1, -0.05) is 0 Å². The molecule has 2 amide bonds. The maximum absolute atomic E-state index is 12.6. The summed E-state index contributed by atoms with van der Waals surface area (Å²) in [6, 6.07) is 1.63. The molecular formula is C17H26N2O5. The second-order valence-corrected chi connectivity index (χ2v) is 5.84. The standard InChI is InChI=1S/C17H26N2O5/c1-22-9-3-7-18-16(20)5-8-19(12-15-4-2-10-24-15)17(21)14-6-11-23-13-14/h6,11,13,15H,2-5,7-10,12H2,1H3,(H,18,20)/t15-/m0/s1. The molecule has 1 N–H and O–H groups in total. The van der Waals surface area contributed by atoms with E-state index >= 15 is 0 Å². The molecule has 1 aliphatic heterocycles. The van der Waals surface area contributed by atoms with Crippen LogP contribution in [0.2, 0.25) is 0 Å². The van der Waals surface area contributed by atoms with E-state index in [0.717, 1.165) is 25.9 Å². The van der Waals surface area contributed by atoms with Crippen molar-refractivity contribution in [3.05, 3.63) is 24.2 Å². The quantitative estimate of drug-likeness (QED) is 0.653. The Morgan fingerprint density at radius 2 is 2.33 bits per heavy atom. The number of methoxy groups -OCH3 is 1. The third-order valence-electron chi connectivity index (χ3n) is 3.96. The number of amides is 2. The Bertz CT molecular complexity index is 497. The monoisotopic (exact) mass is 338 g/mol. The van der Waals surface area contributed by atoms with Crippen molar-refractivity contribution in [2.75, 3.05) is 40.0 Å². The molecule has 0 aliphatic carbocycles. The van der Waals surface area contributed by atoms with Crippen molar-refractivity contribution < 1.29 is 23.5 Å². The summed E-state index contributed by atoms with van der Waals surface area (Å²) in [5, 5.41) is 2.83. The van der Waals surface area contributed by atoms with Crippen molar-refractivity contribution in [3.8, 4) is 0 Å². The number of hydrogen-bond donors (Lipinski definition) is 1. The third-order valence-corrected chi connectivity index (χ3v) is 3.96. The van der Waals surface area contributed by atoms with Crippen molar-refractivity contribution >= 4 is 11.8 Å². The van der Waals surface area contributed by atoms with E-state index in [0.29, 0.717) is 31.8 Å². The highest BCUT2D eigenvalue weighted by Crippen LogP contribution is 2.15. The number of carbonyl (C=O) groups is 2. The van der Waals surface area contributed by atoms with Crippen LogP contribution in [0, 0.1) is 0 Å². The lowest BCUT2D eigenvalue weighted by molar-refractivity contribution is -0.121. The molecule has 7 heteroatoms. The van der Waals surface area contributed by atoms with Crippen LogP contribution in [-0.4, -0.2) is 62.8 Å². The Labute approximate surface area is 142 Å². The average molecular weight is 338 g/mol. The molecule has 1 atom stereocenters. The lowest BCUT2D eigenvalue weighted by Gasteiger charge is -2.25. The first-order chi connectivity index (χ1) is 11.7. The number of nitrogens with one attached hydrogen (secondary N) is 1. The highest BCUT2D eigenvalue weighted by atomic mass is 16.5. The van der Waals surface area contributed by atoms with E-state index in [4.69, 9.17) is 13.9 Å². The lowest BCUT2D eigenvalue weighted by atomic mass is 10.2. The maximum Gasteiger partial charge on any atom is 0.257 e. The number of ether oxygens (including phenoxy) is 2. The topological polar surface area (TPSA) is 81.0 Å². The van der Waals surface area contributed by atoms with Gasteiger partial charge in [0.25, 0.3) is 5.91 Å². The van der Waals surface area contributed by atoms with E-state index < -0.39 is 0 Å². The zero-order chi connectivity index (χ0) is 17.2. The molecule has 7 nitrogen and oxygen atoms in total. The second-order valence-electron chi connectivity index (χ2n) is 5.84. The Kier molecular flexibility index (Phi) is 7.77. The summed E-state index contributed by atoms with van der Waals surface area (Å²) in [4.78, 5) is 26.2. The first kappa shape index (κ1) is 18.5. The molecule has 2 rings (SSSR count). The van der Waals surface area contributed by atoms with Gasteiger partial charge >= 0.3 is 0 Å². The first-order valence-electron chi connectivity index (χ1n) is 8.39. The van der Waals surface area contributed by atoms with Crippen LogP contribution in [0.5, 0.6) is 0 Å². The van der Waals surface area contributed by atoms with Crippen LogP contribution in [0.15, 0.2) is 23.0 Å². The molecule has 0 saturated carbocycles. The number of rotatable bonds is 10. The predicted octanol–water partition coefficient (Wildman–Crippen LogP) is 1.44. The van der Waals surface area contributed by atoms with Gasteiger partial charge in [-0.15, -0.1) is 0 Å². The molecule has 0 unspecified atom stereocenters. The van der Waals surface area contributed by atoms with Crippen LogP contribution < -0.4 is 5.32 Å². The molecule has 0 bridgehead atoms. The predicted molar refractivity (Wildman–Crippen MR) is 87.7 cm³/mol. The summed E-state index contributed by atoms with van der Waals surface area (Å²) in [7, 11) is 1.63. The number of nitrogens with zero attached hydrogens (tertiary/aromatic N) is 1. The van der Waals surface area contributed by atoms with Gasteiger partial charge in [0.05, 0.1) is 17.9 Å². The number of carbonyl (C=O) groups excluding carboxylic acids is 2. The molecule has 0 aromatic carbocycles. The van der Waals surface area contributed by atoms with Crippen molar-refractivity contribution in [2.24, 2.45) is 0 Å². The molecule has 1 aromatic rings.